The minimum Gasteiger partial charge on any atom is -0.371 e. The molecule has 0 saturated carbocycles. The van der Waals surface area contributed by atoms with Gasteiger partial charge in [-0.25, -0.2) is 9.97 Å². The van der Waals surface area contributed by atoms with Gasteiger partial charge in [-0.1, -0.05) is 27.2 Å². The van der Waals surface area contributed by atoms with E-state index in [0.29, 0.717) is 12.5 Å². The molecule has 19 heavy (non-hydrogen) atoms. The Morgan fingerprint density at radius 2 is 2.11 bits per heavy atom. The summed E-state index contributed by atoms with van der Waals surface area (Å²) in [5.41, 5.74) is 1.03. The summed E-state index contributed by atoms with van der Waals surface area (Å²) in [4.78, 5) is 8.96. The van der Waals surface area contributed by atoms with E-state index >= 15 is 0 Å². The topological polar surface area (TPSA) is 47.0 Å². The van der Waals surface area contributed by atoms with Crippen molar-refractivity contribution in [3.8, 4) is 0 Å². The van der Waals surface area contributed by atoms with Gasteiger partial charge in [-0.15, -0.1) is 0 Å². The maximum atomic E-state index is 5.72. The van der Waals surface area contributed by atoms with Crippen molar-refractivity contribution in [1.29, 1.82) is 0 Å². The van der Waals surface area contributed by atoms with Crippen LogP contribution in [0.25, 0.3) is 0 Å². The summed E-state index contributed by atoms with van der Waals surface area (Å²) in [5.74, 6) is 1.46. The summed E-state index contributed by atoms with van der Waals surface area (Å²) < 4.78 is 5.72. The van der Waals surface area contributed by atoms with Crippen molar-refractivity contribution in [2.75, 3.05) is 13.2 Å². The number of ether oxygens (including phenoxy) is 1. The van der Waals surface area contributed by atoms with Crippen molar-refractivity contribution >= 4 is 0 Å². The SMILES string of the molecule is CCCC(OCC)c1nccc(CNCC(C)C)n1. The highest BCUT2D eigenvalue weighted by Crippen LogP contribution is 2.19. The van der Waals surface area contributed by atoms with Crippen molar-refractivity contribution in [2.24, 2.45) is 5.92 Å². The molecule has 0 amide bonds. The predicted molar refractivity (Wildman–Crippen MR) is 77.9 cm³/mol. The average Bonchev–Trinajstić information content (AvgIpc) is 2.38. The Hall–Kier alpha value is -1.00. The average molecular weight is 265 g/mol. The third-order valence-corrected chi connectivity index (χ3v) is 2.80. The second-order valence-corrected chi connectivity index (χ2v) is 5.16. The lowest BCUT2D eigenvalue weighted by Gasteiger charge is -2.15. The van der Waals surface area contributed by atoms with Gasteiger partial charge in [0.2, 0.25) is 0 Å². The van der Waals surface area contributed by atoms with Crippen LogP contribution in [0.15, 0.2) is 12.3 Å². The van der Waals surface area contributed by atoms with Crippen LogP contribution < -0.4 is 5.32 Å². The highest BCUT2D eigenvalue weighted by Gasteiger charge is 2.13. The van der Waals surface area contributed by atoms with E-state index in [0.717, 1.165) is 37.4 Å². The molecule has 0 bridgehead atoms. The molecule has 0 aromatic carbocycles. The summed E-state index contributed by atoms with van der Waals surface area (Å²) in [6.07, 6.45) is 3.90. The van der Waals surface area contributed by atoms with Gasteiger partial charge in [0.1, 0.15) is 6.10 Å². The molecule has 1 N–H and O–H groups in total. The predicted octanol–water partition coefficient (Wildman–Crippen LogP) is 3.10. The normalized spacial score (nSPS) is 12.9. The van der Waals surface area contributed by atoms with E-state index in [9.17, 15) is 0 Å². The number of hydrogen-bond donors (Lipinski definition) is 1. The minimum absolute atomic E-state index is 0.0278. The van der Waals surface area contributed by atoms with Crippen LogP contribution >= 0.6 is 0 Å². The molecule has 0 aliphatic carbocycles. The third kappa shape index (κ3) is 6.12. The van der Waals surface area contributed by atoms with Crippen molar-refractivity contribution < 1.29 is 4.74 Å². The molecule has 108 valence electrons. The molecule has 0 saturated heterocycles. The van der Waals surface area contributed by atoms with Gasteiger partial charge >= 0.3 is 0 Å². The molecule has 1 heterocycles. The Morgan fingerprint density at radius 1 is 1.32 bits per heavy atom. The maximum Gasteiger partial charge on any atom is 0.157 e. The molecular weight excluding hydrogens is 238 g/mol. The summed E-state index contributed by atoms with van der Waals surface area (Å²) in [6, 6.07) is 1.96. The van der Waals surface area contributed by atoms with Crippen LogP contribution in [0.4, 0.5) is 0 Å². The Labute approximate surface area is 117 Å². The molecule has 1 aromatic rings. The maximum absolute atomic E-state index is 5.72. The molecule has 4 heteroatoms. The first-order valence-corrected chi connectivity index (χ1v) is 7.31. The van der Waals surface area contributed by atoms with Crippen molar-refractivity contribution in [3.63, 3.8) is 0 Å². The Morgan fingerprint density at radius 3 is 2.74 bits per heavy atom. The van der Waals surface area contributed by atoms with Crippen molar-refractivity contribution in [2.45, 2.75) is 53.2 Å². The Kier molecular flexibility index (Phi) is 7.60. The minimum atomic E-state index is 0.0278. The molecule has 0 radical (unpaired) electrons. The molecule has 1 aromatic heterocycles. The van der Waals surface area contributed by atoms with Gasteiger partial charge in [-0.2, -0.15) is 0 Å². The van der Waals surface area contributed by atoms with E-state index in [2.05, 4.69) is 36.1 Å². The molecular formula is C15H27N3O. The molecule has 0 fully saturated rings. The lowest BCUT2D eigenvalue weighted by molar-refractivity contribution is 0.0492. The van der Waals surface area contributed by atoms with Gasteiger partial charge in [-0.05, 0) is 31.9 Å². The van der Waals surface area contributed by atoms with Gasteiger partial charge in [0.15, 0.2) is 5.82 Å². The molecule has 1 atom stereocenters. The first-order valence-electron chi connectivity index (χ1n) is 7.31. The van der Waals surface area contributed by atoms with E-state index in [1.165, 1.54) is 0 Å². The lowest BCUT2D eigenvalue weighted by Crippen LogP contribution is -2.20. The van der Waals surface area contributed by atoms with Crippen LogP contribution in [0, 0.1) is 5.92 Å². The number of rotatable bonds is 9. The third-order valence-electron chi connectivity index (χ3n) is 2.80. The van der Waals surface area contributed by atoms with Crippen LogP contribution in [0.2, 0.25) is 0 Å². The number of nitrogens with one attached hydrogen (secondary N) is 1. The van der Waals surface area contributed by atoms with Crippen LogP contribution in [0.3, 0.4) is 0 Å². The summed E-state index contributed by atoms with van der Waals surface area (Å²) in [7, 11) is 0. The van der Waals surface area contributed by atoms with Gasteiger partial charge in [0, 0.05) is 19.3 Å². The quantitative estimate of drug-likeness (QED) is 0.745. The van der Waals surface area contributed by atoms with Crippen molar-refractivity contribution in [1.82, 2.24) is 15.3 Å². The largest absolute Gasteiger partial charge is 0.371 e. The zero-order valence-corrected chi connectivity index (χ0v) is 12.6. The fourth-order valence-corrected chi connectivity index (χ4v) is 1.91. The summed E-state index contributed by atoms with van der Waals surface area (Å²) in [6.45, 7) is 11.1. The summed E-state index contributed by atoms with van der Waals surface area (Å²) in [5, 5.41) is 3.40. The second-order valence-electron chi connectivity index (χ2n) is 5.16. The molecule has 0 aliphatic rings. The molecule has 1 rings (SSSR count). The number of aromatic nitrogens is 2. The zero-order valence-electron chi connectivity index (χ0n) is 12.6. The van der Waals surface area contributed by atoms with Gasteiger partial charge in [0.25, 0.3) is 0 Å². The highest BCUT2D eigenvalue weighted by atomic mass is 16.5. The monoisotopic (exact) mass is 265 g/mol. The molecule has 0 spiro atoms. The Bertz CT molecular complexity index is 349. The first kappa shape index (κ1) is 16.1. The first-order chi connectivity index (χ1) is 9.17. The lowest BCUT2D eigenvalue weighted by atomic mass is 10.2. The number of nitrogens with zero attached hydrogens (tertiary/aromatic N) is 2. The van der Waals surface area contributed by atoms with E-state index < -0.39 is 0 Å². The van der Waals surface area contributed by atoms with Crippen molar-refractivity contribution in [3.05, 3.63) is 23.8 Å². The zero-order chi connectivity index (χ0) is 14.1. The smallest absolute Gasteiger partial charge is 0.157 e. The molecule has 4 nitrogen and oxygen atoms in total. The van der Waals surface area contributed by atoms with Crippen LogP contribution in [0.5, 0.6) is 0 Å². The van der Waals surface area contributed by atoms with Crippen LogP contribution in [0.1, 0.15) is 58.2 Å². The second kappa shape index (κ2) is 8.99. The van der Waals surface area contributed by atoms with Gasteiger partial charge in [0.05, 0.1) is 5.69 Å². The van der Waals surface area contributed by atoms with E-state index in [-0.39, 0.29) is 6.10 Å². The Balaban J connectivity index is 2.63. The summed E-state index contributed by atoms with van der Waals surface area (Å²) >= 11 is 0. The van der Waals surface area contributed by atoms with E-state index in [1.807, 2.05) is 19.2 Å². The molecule has 1 unspecified atom stereocenters. The van der Waals surface area contributed by atoms with Crippen LogP contribution in [-0.4, -0.2) is 23.1 Å². The standard InChI is InChI=1S/C15H27N3O/c1-5-7-14(19-6-2)15-17-9-8-13(18-15)11-16-10-12(3)4/h8-9,12,14,16H,5-7,10-11H2,1-4H3. The molecule has 0 aliphatic heterocycles. The van der Waals surface area contributed by atoms with Gasteiger partial charge in [-0.3, -0.25) is 0 Å². The fourth-order valence-electron chi connectivity index (χ4n) is 1.91. The van der Waals surface area contributed by atoms with Crippen LogP contribution in [-0.2, 0) is 11.3 Å². The highest BCUT2D eigenvalue weighted by molar-refractivity contribution is 5.04. The fraction of sp³-hybridized carbons (Fsp3) is 0.733. The van der Waals surface area contributed by atoms with E-state index in [1.54, 1.807) is 0 Å². The van der Waals surface area contributed by atoms with Gasteiger partial charge < -0.3 is 10.1 Å². The van der Waals surface area contributed by atoms with E-state index in [4.69, 9.17) is 4.74 Å². The number of hydrogen-bond acceptors (Lipinski definition) is 4.